The van der Waals surface area contributed by atoms with Crippen LogP contribution >= 0.6 is 11.6 Å². The van der Waals surface area contributed by atoms with Crippen LogP contribution in [0.15, 0.2) is 12.3 Å². The van der Waals surface area contributed by atoms with E-state index in [0.717, 1.165) is 0 Å². The Labute approximate surface area is 102 Å². The minimum absolute atomic E-state index is 0.214. The number of alkyl halides is 2. The summed E-state index contributed by atoms with van der Waals surface area (Å²) >= 11 is 5.72. The molecule has 4 nitrogen and oxygen atoms in total. The second-order valence-corrected chi connectivity index (χ2v) is 3.96. The smallest absolute Gasteiger partial charge is 0.287 e. The first kappa shape index (κ1) is 13.9. The number of halogens is 3. The van der Waals surface area contributed by atoms with E-state index in [1.165, 1.54) is 6.07 Å². The Balaban J connectivity index is 2.70. The van der Waals surface area contributed by atoms with E-state index in [1.807, 2.05) is 5.32 Å². The van der Waals surface area contributed by atoms with E-state index in [2.05, 4.69) is 0 Å². The molecule has 1 rings (SSSR count). The van der Waals surface area contributed by atoms with Gasteiger partial charge in [0.15, 0.2) is 0 Å². The van der Waals surface area contributed by atoms with Gasteiger partial charge in [0.25, 0.3) is 11.8 Å². The van der Waals surface area contributed by atoms with E-state index < -0.39 is 25.0 Å². The van der Waals surface area contributed by atoms with Crippen LogP contribution in [-0.4, -0.2) is 34.7 Å². The molecule has 0 aliphatic carbocycles. The summed E-state index contributed by atoms with van der Waals surface area (Å²) in [5, 5.41) is 10.8. The molecule has 0 saturated heterocycles. The van der Waals surface area contributed by atoms with Gasteiger partial charge in [-0.25, -0.2) is 8.78 Å². The molecule has 0 aromatic carbocycles. The third-order valence-corrected chi connectivity index (χ3v) is 2.38. The Bertz CT molecular complexity index is 407. The highest BCUT2D eigenvalue weighted by atomic mass is 35.5. The van der Waals surface area contributed by atoms with Crippen LogP contribution in [0.1, 0.15) is 17.4 Å². The largest absolute Gasteiger partial charge is 0.390 e. The molecule has 1 amide bonds. The lowest BCUT2D eigenvalue weighted by molar-refractivity contribution is -0.0462. The third-order valence-electron chi connectivity index (χ3n) is 2.18. The van der Waals surface area contributed by atoms with Gasteiger partial charge in [-0.2, -0.15) is 0 Å². The van der Waals surface area contributed by atoms with Crippen LogP contribution in [0.3, 0.4) is 0 Å². The van der Waals surface area contributed by atoms with Crippen LogP contribution in [0.5, 0.6) is 0 Å². The van der Waals surface area contributed by atoms with Crippen molar-refractivity contribution in [2.24, 2.45) is 0 Å². The molecule has 7 heteroatoms. The number of aliphatic hydroxyl groups excluding tert-OH is 1. The molecule has 0 bridgehead atoms. The van der Waals surface area contributed by atoms with E-state index in [1.54, 1.807) is 17.7 Å². The monoisotopic (exact) mass is 266 g/mol. The molecule has 17 heavy (non-hydrogen) atoms. The normalized spacial score (nSPS) is 11.6. The number of nitrogens with one attached hydrogen (secondary N) is 1. The molecule has 1 aromatic rings. The number of hydrogen-bond acceptors (Lipinski definition) is 2. The average molecular weight is 267 g/mol. The Morgan fingerprint density at radius 3 is 2.82 bits per heavy atom. The predicted molar refractivity (Wildman–Crippen MR) is 59.5 cm³/mol. The number of hydrogen-bond donors (Lipinski definition) is 2. The summed E-state index contributed by atoms with van der Waals surface area (Å²) < 4.78 is 27.0. The van der Waals surface area contributed by atoms with Crippen molar-refractivity contribution in [3.05, 3.63) is 23.0 Å². The summed E-state index contributed by atoms with van der Waals surface area (Å²) in [5.74, 6) is -3.96. The molecule has 1 aromatic heterocycles. The number of nitrogens with zero attached hydrogens (tertiary/aromatic N) is 1. The average Bonchev–Trinajstić information content (AvgIpc) is 2.67. The summed E-state index contributed by atoms with van der Waals surface area (Å²) in [6.45, 7) is 0.0962. The molecule has 0 saturated carbocycles. The minimum atomic E-state index is -3.32. The fourth-order valence-corrected chi connectivity index (χ4v) is 1.50. The highest BCUT2D eigenvalue weighted by molar-refractivity contribution is 6.31. The number of rotatable bonds is 5. The Kier molecular flexibility index (Phi) is 4.47. The SMILES string of the molecule is CCn1cc(Cl)cc1C(=O)NCC(F)(F)CO. The van der Waals surface area contributed by atoms with Gasteiger partial charge in [-0.3, -0.25) is 4.79 Å². The van der Waals surface area contributed by atoms with Crippen LogP contribution in [0.25, 0.3) is 0 Å². The van der Waals surface area contributed by atoms with Gasteiger partial charge in [0.05, 0.1) is 11.6 Å². The van der Waals surface area contributed by atoms with Gasteiger partial charge in [0, 0.05) is 12.7 Å². The van der Waals surface area contributed by atoms with Crippen molar-refractivity contribution in [3.63, 3.8) is 0 Å². The lowest BCUT2D eigenvalue weighted by Crippen LogP contribution is -2.39. The summed E-state index contributed by atoms with van der Waals surface area (Å²) in [6.07, 6.45) is 1.54. The first-order chi connectivity index (χ1) is 7.89. The van der Waals surface area contributed by atoms with Crippen molar-refractivity contribution < 1.29 is 18.7 Å². The quantitative estimate of drug-likeness (QED) is 0.849. The number of aliphatic hydroxyl groups is 1. The first-order valence-electron chi connectivity index (χ1n) is 5.02. The number of aryl methyl sites for hydroxylation is 1. The van der Waals surface area contributed by atoms with E-state index >= 15 is 0 Å². The molecule has 0 fully saturated rings. The van der Waals surface area contributed by atoms with Crippen molar-refractivity contribution in [1.29, 1.82) is 0 Å². The van der Waals surface area contributed by atoms with Gasteiger partial charge in [0.2, 0.25) is 0 Å². The van der Waals surface area contributed by atoms with Gasteiger partial charge >= 0.3 is 0 Å². The van der Waals surface area contributed by atoms with Crippen molar-refractivity contribution in [2.45, 2.75) is 19.4 Å². The summed E-state index contributed by atoms with van der Waals surface area (Å²) in [7, 11) is 0. The Morgan fingerprint density at radius 1 is 1.65 bits per heavy atom. The standard InChI is InChI=1S/C10H13ClF2N2O2/c1-2-15-4-7(11)3-8(15)9(17)14-5-10(12,13)6-16/h3-4,16H,2,5-6H2,1H3,(H,14,17). The van der Waals surface area contributed by atoms with Crippen LogP contribution in [0, 0.1) is 0 Å². The van der Waals surface area contributed by atoms with E-state index in [9.17, 15) is 13.6 Å². The highest BCUT2D eigenvalue weighted by Crippen LogP contribution is 2.15. The molecule has 1 heterocycles. The van der Waals surface area contributed by atoms with Gasteiger partial charge < -0.3 is 15.0 Å². The van der Waals surface area contributed by atoms with Crippen molar-refractivity contribution in [3.8, 4) is 0 Å². The number of amides is 1. The lowest BCUT2D eigenvalue weighted by Gasteiger charge is -2.14. The topological polar surface area (TPSA) is 54.3 Å². The third kappa shape index (κ3) is 3.67. The molecule has 0 unspecified atom stereocenters. The van der Waals surface area contributed by atoms with Gasteiger partial charge in [-0.1, -0.05) is 11.6 Å². The number of aromatic nitrogens is 1. The zero-order chi connectivity index (χ0) is 13.1. The van der Waals surface area contributed by atoms with Crippen LogP contribution < -0.4 is 5.32 Å². The molecule has 0 spiro atoms. The molecule has 96 valence electrons. The van der Waals surface area contributed by atoms with E-state index in [-0.39, 0.29) is 5.69 Å². The van der Waals surface area contributed by atoms with Crippen LogP contribution in [-0.2, 0) is 6.54 Å². The molecule has 0 atom stereocenters. The Morgan fingerprint density at radius 2 is 2.29 bits per heavy atom. The Hall–Kier alpha value is -1.14. The maximum absolute atomic E-state index is 12.7. The highest BCUT2D eigenvalue weighted by Gasteiger charge is 2.28. The van der Waals surface area contributed by atoms with Crippen LogP contribution in [0.2, 0.25) is 5.02 Å². The predicted octanol–water partition coefficient (Wildman–Crippen LogP) is 1.52. The van der Waals surface area contributed by atoms with Crippen LogP contribution in [0.4, 0.5) is 8.78 Å². The van der Waals surface area contributed by atoms with Gasteiger partial charge in [0.1, 0.15) is 12.3 Å². The van der Waals surface area contributed by atoms with E-state index in [4.69, 9.17) is 16.7 Å². The number of carbonyl (C=O) groups is 1. The minimum Gasteiger partial charge on any atom is -0.390 e. The zero-order valence-electron chi connectivity index (χ0n) is 9.21. The van der Waals surface area contributed by atoms with Crippen molar-refractivity contribution >= 4 is 17.5 Å². The lowest BCUT2D eigenvalue weighted by atomic mass is 10.3. The van der Waals surface area contributed by atoms with Crippen molar-refractivity contribution in [1.82, 2.24) is 9.88 Å². The maximum atomic E-state index is 12.7. The second kappa shape index (κ2) is 5.46. The molecule has 2 N–H and O–H groups in total. The van der Waals surface area contributed by atoms with Crippen molar-refractivity contribution in [2.75, 3.05) is 13.2 Å². The summed E-state index contributed by atoms with van der Waals surface area (Å²) in [4.78, 5) is 11.6. The fraction of sp³-hybridized carbons (Fsp3) is 0.500. The number of carbonyl (C=O) groups excluding carboxylic acids is 1. The summed E-state index contributed by atoms with van der Waals surface area (Å²) in [5.41, 5.74) is 0.214. The summed E-state index contributed by atoms with van der Waals surface area (Å²) in [6, 6.07) is 1.40. The maximum Gasteiger partial charge on any atom is 0.287 e. The zero-order valence-corrected chi connectivity index (χ0v) is 9.97. The molecule has 0 aliphatic rings. The van der Waals surface area contributed by atoms with Gasteiger partial charge in [-0.15, -0.1) is 0 Å². The fourth-order valence-electron chi connectivity index (χ4n) is 1.28. The first-order valence-corrected chi connectivity index (χ1v) is 5.40. The van der Waals surface area contributed by atoms with E-state index in [0.29, 0.717) is 11.6 Å². The van der Waals surface area contributed by atoms with Gasteiger partial charge in [-0.05, 0) is 13.0 Å². The molecular formula is C10H13ClF2N2O2. The molecule has 0 aliphatic heterocycles. The molecule has 0 radical (unpaired) electrons. The second-order valence-electron chi connectivity index (χ2n) is 3.53. The molecular weight excluding hydrogens is 254 g/mol.